The summed E-state index contributed by atoms with van der Waals surface area (Å²) in [5, 5.41) is 2.67. The van der Waals surface area contributed by atoms with Gasteiger partial charge in [-0.15, -0.1) is 0 Å². The molecular weight excluding hydrogens is 228 g/mol. The summed E-state index contributed by atoms with van der Waals surface area (Å²) >= 11 is 0. The SMILES string of the molecule is O=C(CC(=O)c1ccncc1)Nc1ccccc1. The fourth-order valence-corrected chi connectivity index (χ4v) is 1.51. The van der Waals surface area contributed by atoms with Gasteiger partial charge in [-0.05, 0) is 24.3 Å². The maximum atomic E-state index is 11.8. The van der Waals surface area contributed by atoms with Crippen molar-refractivity contribution in [1.29, 1.82) is 0 Å². The lowest BCUT2D eigenvalue weighted by molar-refractivity contribution is -0.115. The van der Waals surface area contributed by atoms with Gasteiger partial charge in [-0.1, -0.05) is 18.2 Å². The van der Waals surface area contributed by atoms with Crippen molar-refractivity contribution in [1.82, 2.24) is 4.98 Å². The number of Topliss-reactive ketones (excluding diaryl/α,β-unsaturated/α-hetero) is 1. The van der Waals surface area contributed by atoms with Crippen LogP contribution in [0.1, 0.15) is 16.8 Å². The van der Waals surface area contributed by atoms with Crippen LogP contribution in [-0.2, 0) is 4.79 Å². The highest BCUT2D eigenvalue weighted by molar-refractivity contribution is 6.10. The predicted octanol–water partition coefficient (Wildman–Crippen LogP) is 2.29. The molecule has 2 rings (SSSR count). The second-order valence-corrected chi connectivity index (χ2v) is 3.75. The molecule has 2 aromatic rings. The summed E-state index contributed by atoms with van der Waals surface area (Å²) in [5.41, 5.74) is 1.18. The van der Waals surface area contributed by atoms with Crippen LogP contribution in [0.5, 0.6) is 0 Å². The second-order valence-electron chi connectivity index (χ2n) is 3.75. The van der Waals surface area contributed by atoms with E-state index < -0.39 is 0 Å². The molecule has 90 valence electrons. The number of carbonyl (C=O) groups excluding carboxylic acids is 2. The second kappa shape index (κ2) is 5.72. The predicted molar refractivity (Wildman–Crippen MR) is 68.3 cm³/mol. The summed E-state index contributed by atoms with van der Waals surface area (Å²) in [5.74, 6) is -0.533. The first-order valence-corrected chi connectivity index (χ1v) is 5.54. The highest BCUT2D eigenvalue weighted by atomic mass is 16.2. The van der Waals surface area contributed by atoms with Gasteiger partial charge in [0.25, 0.3) is 0 Å². The monoisotopic (exact) mass is 240 g/mol. The third kappa shape index (κ3) is 3.25. The normalized spacial score (nSPS) is 9.78. The van der Waals surface area contributed by atoms with E-state index in [-0.39, 0.29) is 18.1 Å². The molecule has 4 heteroatoms. The summed E-state index contributed by atoms with van der Waals surface area (Å²) in [6, 6.07) is 12.2. The Balaban J connectivity index is 1.94. The molecule has 0 unspecified atom stereocenters. The zero-order chi connectivity index (χ0) is 12.8. The van der Waals surface area contributed by atoms with Gasteiger partial charge in [0.2, 0.25) is 5.91 Å². The highest BCUT2D eigenvalue weighted by Gasteiger charge is 2.11. The van der Waals surface area contributed by atoms with Crippen LogP contribution in [0.2, 0.25) is 0 Å². The van der Waals surface area contributed by atoms with E-state index in [2.05, 4.69) is 10.3 Å². The van der Waals surface area contributed by atoms with Gasteiger partial charge in [0, 0.05) is 23.6 Å². The van der Waals surface area contributed by atoms with Crippen LogP contribution in [0.15, 0.2) is 54.9 Å². The Bertz CT molecular complexity index is 538. The maximum Gasteiger partial charge on any atom is 0.232 e. The van der Waals surface area contributed by atoms with E-state index in [0.29, 0.717) is 11.3 Å². The van der Waals surface area contributed by atoms with E-state index in [9.17, 15) is 9.59 Å². The molecule has 1 aromatic heterocycles. The Hall–Kier alpha value is -2.49. The first kappa shape index (κ1) is 12.0. The van der Waals surface area contributed by atoms with Crippen LogP contribution < -0.4 is 5.32 Å². The number of hydrogen-bond donors (Lipinski definition) is 1. The lowest BCUT2D eigenvalue weighted by Gasteiger charge is -2.04. The van der Waals surface area contributed by atoms with E-state index in [1.165, 1.54) is 12.4 Å². The number of amides is 1. The number of pyridine rings is 1. The average Bonchev–Trinajstić information content (AvgIpc) is 2.40. The molecule has 1 heterocycles. The molecule has 1 aromatic carbocycles. The Morgan fingerprint density at radius 1 is 1.00 bits per heavy atom. The number of para-hydroxylation sites is 1. The average molecular weight is 240 g/mol. The number of hydrogen-bond acceptors (Lipinski definition) is 3. The van der Waals surface area contributed by atoms with Gasteiger partial charge < -0.3 is 5.32 Å². The van der Waals surface area contributed by atoms with Gasteiger partial charge >= 0.3 is 0 Å². The van der Waals surface area contributed by atoms with Gasteiger partial charge in [0.15, 0.2) is 5.78 Å². The molecule has 0 saturated heterocycles. The lowest BCUT2D eigenvalue weighted by Crippen LogP contribution is -2.16. The lowest BCUT2D eigenvalue weighted by atomic mass is 10.1. The van der Waals surface area contributed by atoms with Crippen molar-refractivity contribution in [3.63, 3.8) is 0 Å². The maximum absolute atomic E-state index is 11.8. The number of nitrogens with zero attached hydrogens (tertiary/aromatic N) is 1. The first-order valence-electron chi connectivity index (χ1n) is 5.54. The summed E-state index contributed by atoms with van der Waals surface area (Å²) in [6.45, 7) is 0. The molecule has 0 saturated carbocycles. The quantitative estimate of drug-likeness (QED) is 0.659. The Morgan fingerprint density at radius 2 is 1.67 bits per heavy atom. The number of carbonyl (C=O) groups is 2. The topological polar surface area (TPSA) is 59.1 Å². The Morgan fingerprint density at radius 3 is 2.33 bits per heavy atom. The van der Waals surface area contributed by atoms with Crippen LogP contribution in [0.3, 0.4) is 0 Å². The zero-order valence-electron chi connectivity index (χ0n) is 9.67. The van der Waals surface area contributed by atoms with Crippen molar-refractivity contribution in [2.75, 3.05) is 5.32 Å². The third-order valence-electron chi connectivity index (χ3n) is 2.38. The molecule has 1 N–H and O–H groups in total. The molecule has 1 amide bonds. The van der Waals surface area contributed by atoms with Gasteiger partial charge in [0.05, 0.1) is 6.42 Å². The van der Waals surface area contributed by atoms with E-state index in [1.807, 2.05) is 18.2 Å². The molecule has 0 bridgehead atoms. The standard InChI is InChI=1S/C14H12N2O2/c17-13(11-6-8-15-9-7-11)10-14(18)16-12-4-2-1-3-5-12/h1-9H,10H2,(H,16,18). The molecule has 0 fully saturated rings. The van der Waals surface area contributed by atoms with Crippen molar-refractivity contribution in [2.24, 2.45) is 0 Å². The van der Waals surface area contributed by atoms with E-state index in [0.717, 1.165) is 0 Å². The van der Waals surface area contributed by atoms with E-state index in [4.69, 9.17) is 0 Å². The van der Waals surface area contributed by atoms with E-state index in [1.54, 1.807) is 24.3 Å². The molecule has 0 radical (unpaired) electrons. The minimum atomic E-state index is -0.317. The summed E-state index contributed by atoms with van der Waals surface area (Å²) in [4.78, 5) is 27.2. The van der Waals surface area contributed by atoms with Crippen molar-refractivity contribution < 1.29 is 9.59 Å². The van der Waals surface area contributed by atoms with Gasteiger partial charge in [0.1, 0.15) is 0 Å². The fourth-order valence-electron chi connectivity index (χ4n) is 1.51. The zero-order valence-corrected chi connectivity index (χ0v) is 9.67. The van der Waals surface area contributed by atoms with Crippen LogP contribution in [-0.4, -0.2) is 16.7 Å². The van der Waals surface area contributed by atoms with Crippen LogP contribution >= 0.6 is 0 Å². The molecular formula is C14H12N2O2. The molecule has 0 aliphatic carbocycles. The molecule has 0 aliphatic heterocycles. The number of ketones is 1. The number of rotatable bonds is 4. The summed E-state index contributed by atoms with van der Waals surface area (Å²) in [7, 11) is 0. The Labute approximate surface area is 105 Å². The fraction of sp³-hybridized carbons (Fsp3) is 0.0714. The smallest absolute Gasteiger partial charge is 0.232 e. The molecule has 0 spiro atoms. The molecule has 0 atom stereocenters. The van der Waals surface area contributed by atoms with Gasteiger partial charge in [-0.25, -0.2) is 0 Å². The highest BCUT2D eigenvalue weighted by Crippen LogP contribution is 2.07. The summed E-state index contributed by atoms with van der Waals surface area (Å²) < 4.78 is 0. The van der Waals surface area contributed by atoms with Crippen LogP contribution in [0, 0.1) is 0 Å². The Kier molecular flexibility index (Phi) is 3.81. The summed E-state index contributed by atoms with van der Waals surface area (Å²) in [6.07, 6.45) is 2.89. The molecule has 18 heavy (non-hydrogen) atoms. The molecule has 0 aliphatic rings. The van der Waals surface area contributed by atoms with Crippen molar-refractivity contribution >= 4 is 17.4 Å². The van der Waals surface area contributed by atoms with E-state index >= 15 is 0 Å². The van der Waals surface area contributed by atoms with Crippen LogP contribution in [0.25, 0.3) is 0 Å². The van der Waals surface area contributed by atoms with Gasteiger partial charge in [-0.2, -0.15) is 0 Å². The minimum Gasteiger partial charge on any atom is -0.326 e. The van der Waals surface area contributed by atoms with Crippen molar-refractivity contribution in [3.8, 4) is 0 Å². The first-order chi connectivity index (χ1) is 8.75. The number of nitrogens with one attached hydrogen (secondary N) is 1. The van der Waals surface area contributed by atoms with Crippen molar-refractivity contribution in [2.45, 2.75) is 6.42 Å². The number of aromatic nitrogens is 1. The largest absolute Gasteiger partial charge is 0.326 e. The minimum absolute atomic E-state index is 0.168. The van der Waals surface area contributed by atoms with Crippen LogP contribution in [0.4, 0.5) is 5.69 Å². The molecule has 4 nitrogen and oxygen atoms in total. The number of anilines is 1. The van der Waals surface area contributed by atoms with Gasteiger partial charge in [-0.3, -0.25) is 14.6 Å². The van der Waals surface area contributed by atoms with Crippen molar-refractivity contribution in [3.05, 3.63) is 60.4 Å². The third-order valence-corrected chi connectivity index (χ3v) is 2.38. The number of benzene rings is 1.